The van der Waals surface area contributed by atoms with Crippen LogP contribution in [0.3, 0.4) is 0 Å². The summed E-state index contributed by atoms with van der Waals surface area (Å²) < 4.78 is 11.2. The van der Waals surface area contributed by atoms with E-state index in [-0.39, 0.29) is 0 Å². The van der Waals surface area contributed by atoms with Gasteiger partial charge in [-0.3, -0.25) is 4.90 Å². The fraction of sp³-hybridized carbons (Fsp3) is 0.692. The first-order valence-electron chi connectivity index (χ1n) is 12.0. The zero-order valence-electron chi connectivity index (χ0n) is 19.5. The topological polar surface area (TPSA) is 54.0 Å². The zero-order chi connectivity index (χ0) is 21.8. The number of fused-ring (bicyclic) bond motifs is 1. The Kier molecular flexibility index (Phi) is 7.37. The minimum absolute atomic E-state index is 0.322. The van der Waals surface area contributed by atoms with Crippen molar-refractivity contribution in [2.24, 2.45) is 17.3 Å². The van der Waals surface area contributed by atoms with Crippen molar-refractivity contribution < 1.29 is 14.6 Å². The number of aliphatic hydroxyl groups excluding tert-OH is 1. The molecule has 5 rings (SSSR count). The Bertz CT molecular complexity index is 740. The van der Waals surface area contributed by atoms with E-state index in [9.17, 15) is 5.11 Å². The Hall–Kier alpha value is -1.40. The summed E-state index contributed by atoms with van der Waals surface area (Å²) in [6.07, 6.45) is 6.92. The monoisotopic (exact) mass is 428 g/mol. The lowest BCUT2D eigenvalue weighted by atomic mass is 9.49. The number of aliphatic hydroxyl groups is 1. The summed E-state index contributed by atoms with van der Waals surface area (Å²) in [4.78, 5) is 2.54. The van der Waals surface area contributed by atoms with Gasteiger partial charge in [-0.1, -0.05) is 32.1 Å². The molecule has 172 valence electrons. The van der Waals surface area contributed by atoms with Crippen LogP contribution in [0.4, 0.5) is 0 Å². The summed E-state index contributed by atoms with van der Waals surface area (Å²) in [7, 11) is 1.70. The van der Waals surface area contributed by atoms with Crippen LogP contribution in [0.1, 0.15) is 51.1 Å². The molecule has 1 aliphatic heterocycles. The second-order valence-corrected chi connectivity index (χ2v) is 10.2. The Morgan fingerprint density at radius 2 is 1.90 bits per heavy atom. The summed E-state index contributed by atoms with van der Waals surface area (Å²) in [6.45, 7) is 9.48. The van der Waals surface area contributed by atoms with Crippen molar-refractivity contribution in [1.29, 1.82) is 0 Å². The molecule has 0 amide bonds. The third kappa shape index (κ3) is 5.16. The lowest BCUT2D eigenvalue weighted by molar-refractivity contribution is -0.0235. The highest BCUT2D eigenvalue weighted by atomic mass is 16.5. The van der Waals surface area contributed by atoms with Crippen molar-refractivity contribution in [3.63, 3.8) is 0 Å². The van der Waals surface area contributed by atoms with Crippen LogP contribution in [-0.2, 0) is 4.74 Å². The van der Waals surface area contributed by atoms with Crippen molar-refractivity contribution in [3.8, 4) is 5.75 Å². The van der Waals surface area contributed by atoms with Crippen LogP contribution in [0.2, 0.25) is 0 Å². The van der Waals surface area contributed by atoms with Crippen LogP contribution in [0.5, 0.6) is 5.75 Å². The third-order valence-electron chi connectivity index (χ3n) is 7.96. The van der Waals surface area contributed by atoms with Crippen LogP contribution in [0.15, 0.2) is 35.9 Å². The molecule has 1 aromatic carbocycles. The first-order valence-corrected chi connectivity index (χ1v) is 12.0. The summed E-state index contributed by atoms with van der Waals surface area (Å²) >= 11 is 0. The third-order valence-corrected chi connectivity index (χ3v) is 7.96. The maximum atomic E-state index is 10.4. The van der Waals surface area contributed by atoms with Gasteiger partial charge in [-0.15, -0.1) is 0 Å². The first kappa shape index (κ1) is 22.8. The minimum Gasteiger partial charge on any atom is -0.497 e. The van der Waals surface area contributed by atoms with Crippen molar-refractivity contribution in [3.05, 3.63) is 41.5 Å². The van der Waals surface area contributed by atoms with Gasteiger partial charge in [0.15, 0.2) is 0 Å². The van der Waals surface area contributed by atoms with Crippen LogP contribution in [-0.4, -0.2) is 62.6 Å². The molecule has 2 bridgehead atoms. The highest BCUT2D eigenvalue weighted by molar-refractivity contribution is 5.29. The van der Waals surface area contributed by atoms with Crippen molar-refractivity contribution >= 4 is 0 Å². The predicted molar refractivity (Wildman–Crippen MR) is 124 cm³/mol. The summed E-state index contributed by atoms with van der Waals surface area (Å²) in [6, 6.07) is 8.71. The van der Waals surface area contributed by atoms with Crippen LogP contribution >= 0.6 is 0 Å². The molecule has 3 aliphatic carbocycles. The SMILES string of the molecule is COc1ccc([C@H](CNC[C@@H](O)COCC2=CC[C@@H]3C[C@H]2C3(C)C)N2CCCC2)cc1. The number of nitrogens with zero attached hydrogens (tertiary/aromatic N) is 1. The molecular weight excluding hydrogens is 388 g/mol. The maximum Gasteiger partial charge on any atom is 0.118 e. The molecule has 4 aliphatic rings. The lowest BCUT2D eigenvalue weighted by Gasteiger charge is -2.56. The van der Waals surface area contributed by atoms with E-state index >= 15 is 0 Å². The van der Waals surface area contributed by atoms with Gasteiger partial charge in [-0.25, -0.2) is 0 Å². The fourth-order valence-corrected chi connectivity index (χ4v) is 5.74. The molecule has 1 aromatic rings. The zero-order valence-corrected chi connectivity index (χ0v) is 19.5. The molecule has 1 heterocycles. The van der Waals surface area contributed by atoms with Crippen molar-refractivity contribution in [1.82, 2.24) is 10.2 Å². The van der Waals surface area contributed by atoms with E-state index in [0.717, 1.165) is 31.3 Å². The molecule has 4 atom stereocenters. The highest BCUT2D eigenvalue weighted by Gasteiger charge is 2.50. The Morgan fingerprint density at radius 3 is 2.55 bits per heavy atom. The van der Waals surface area contributed by atoms with Gasteiger partial charge in [0.25, 0.3) is 0 Å². The van der Waals surface area contributed by atoms with Crippen LogP contribution in [0.25, 0.3) is 0 Å². The van der Waals surface area contributed by atoms with Gasteiger partial charge in [-0.05, 0) is 79.3 Å². The summed E-state index contributed by atoms with van der Waals surface area (Å²) in [5.41, 5.74) is 3.17. The molecule has 2 N–H and O–H groups in total. The van der Waals surface area contributed by atoms with Gasteiger partial charge in [0.1, 0.15) is 5.75 Å². The van der Waals surface area contributed by atoms with Crippen molar-refractivity contribution in [2.45, 2.75) is 51.7 Å². The van der Waals surface area contributed by atoms with E-state index in [1.165, 1.54) is 36.8 Å². The molecule has 0 aromatic heterocycles. The minimum atomic E-state index is -0.485. The number of hydrogen-bond acceptors (Lipinski definition) is 5. The largest absolute Gasteiger partial charge is 0.497 e. The van der Waals surface area contributed by atoms with E-state index < -0.39 is 6.10 Å². The highest BCUT2D eigenvalue weighted by Crippen LogP contribution is 2.59. The van der Waals surface area contributed by atoms with Crippen LogP contribution in [0, 0.1) is 17.3 Å². The van der Waals surface area contributed by atoms with Gasteiger partial charge in [0.05, 0.1) is 26.4 Å². The maximum absolute atomic E-state index is 10.4. The lowest BCUT2D eigenvalue weighted by Crippen LogP contribution is -2.48. The molecule has 5 nitrogen and oxygen atoms in total. The Labute approximate surface area is 187 Å². The van der Waals surface area contributed by atoms with Crippen LogP contribution < -0.4 is 10.1 Å². The summed E-state index contributed by atoms with van der Waals surface area (Å²) in [5.74, 6) is 2.41. The molecule has 1 saturated carbocycles. The number of likely N-dealkylation sites (tertiary alicyclic amines) is 1. The second kappa shape index (κ2) is 10.0. The molecule has 5 heteroatoms. The number of methoxy groups -OCH3 is 1. The normalized spacial score (nSPS) is 26.8. The number of ether oxygens (including phenoxy) is 2. The van der Waals surface area contributed by atoms with E-state index in [1.807, 2.05) is 12.1 Å². The van der Waals surface area contributed by atoms with Crippen molar-refractivity contribution in [2.75, 3.05) is 46.5 Å². The fourth-order valence-electron chi connectivity index (χ4n) is 5.74. The van der Waals surface area contributed by atoms with E-state index in [4.69, 9.17) is 9.47 Å². The first-order chi connectivity index (χ1) is 15.0. The number of hydrogen-bond donors (Lipinski definition) is 2. The molecule has 0 spiro atoms. The smallest absolute Gasteiger partial charge is 0.118 e. The number of rotatable bonds is 11. The van der Waals surface area contributed by atoms with E-state index in [0.29, 0.717) is 37.1 Å². The van der Waals surface area contributed by atoms with E-state index in [1.54, 1.807) is 7.11 Å². The number of benzene rings is 1. The Balaban J connectivity index is 1.21. The predicted octanol–water partition coefficient (Wildman–Crippen LogP) is 3.79. The Morgan fingerprint density at radius 1 is 1.16 bits per heavy atom. The molecule has 0 radical (unpaired) electrons. The summed E-state index contributed by atoms with van der Waals surface area (Å²) in [5, 5.41) is 13.9. The standard InChI is InChI=1S/C26H40N2O3/c1-26(2)21-9-6-20(24(26)14-21)17-31-18-22(29)15-27-16-25(28-12-4-5-13-28)19-7-10-23(30-3)11-8-19/h6-8,10-11,21-22,24-25,27,29H,4-5,9,12-18H2,1-3H3/t21-,22-,24-,25+/m1/s1. The van der Waals surface area contributed by atoms with Gasteiger partial charge in [0.2, 0.25) is 0 Å². The molecule has 2 fully saturated rings. The molecule has 31 heavy (non-hydrogen) atoms. The average molecular weight is 429 g/mol. The van der Waals surface area contributed by atoms with Gasteiger partial charge in [-0.2, -0.15) is 0 Å². The molecule has 0 unspecified atom stereocenters. The van der Waals surface area contributed by atoms with Gasteiger partial charge < -0.3 is 19.9 Å². The van der Waals surface area contributed by atoms with Gasteiger partial charge >= 0.3 is 0 Å². The van der Waals surface area contributed by atoms with Gasteiger partial charge in [0, 0.05) is 19.1 Å². The average Bonchev–Trinajstić information content (AvgIpc) is 3.31. The molecular formula is C26H40N2O3. The number of nitrogens with one attached hydrogen (secondary N) is 1. The van der Waals surface area contributed by atoms with E-state index in [2.05, 4.69) is 42.3 Å². The molecule has 1 saturated heterocycles. The quantitative estimate of drug-likeness (QED) is 0.525. The number of allylic oxidation sites excluding steroid dienone is 1. The second-order valence-electron chi connectivity index (χ2n) is 10.2.